The number of carbonyl (C=O) groups excluding carboxylic acids is 2. The Hall–Kier alpha value is -1.96. The molecule has 0 saturated carbocycles. The standard InChI is InChI=1S/C18H29N5O3/c1-3-16(25)22-9-6-13(7-10-22)18(26)23-8-4-5-14(11-23)17-20-19-15(12-24)21(17)2/h13-14,24H,3-12H2,1-2H3/t14-/m1/s1. The Morgan fingerprint density at radius 3 is 2.46 bits per heavy atom. The second kappa shape index (κ2) is 8.16. The predicted molar refractivity (Wildman–Crippen MR) is 95.1 cm³/mol. The van der Waals surface area contributed by atoms with Crippen LogP contribution in [0.4, 0.5) is 0 Å². The minimum absolute atomic E-state index is 0.0159. The fourth-order valence-corrected chi connectivity index (χ4v) is 4.11. The molecule has 1 N–H and O–H groups in total. The van der Waals surface area contributed by atoms with E-state index in [9.17, 15) is 14.7 Å². The van der Waals surface area contributed by atoms with Gasteiger partial charge in [-0.3, -0.25) is 9.59 Å². The number of carbonyl (C=O) groups is 2. The number of amides is 2. The predicted octanol–water partition coefficient (Wildman–Crippen LogP) is 0.662. The summed E-state index contributed by atoms with van der Waals surface area (Å²) in [5.41, 5.74) is 0. The smallest absolute Gasteiger partial charge is 0.225 e. The van der Waals surface area contributed by atoms with Gasteiger partial charge >= 0.3 is 0 Å². The Bertz CT molecular complexity index is 651. The van der Waals surface area contributed by atoms with Crippen molar-refractivity contribution in [1.82, 2.24) is 24.6 Å². The van der Waals surface area contributed by atoms with Crippen molar-refractivity contribution in [3.63, 3.8) is 0 Å². The molecule has 0 aromatic carbocycles. The summed E-state index contributed by atoms with van der Waals surface area (Å²) in [7, 11) is 1.86. The molecule has 8 heteroatoms. The third kappa shape index (κ3) is 3.75. The van der Waals surface area contributed by atoms with Gasteiger partial charge in [0.15, 0.2) is 5.82 Å². The summed E-state index contributed by atoms with van der Waals surface area (Å²) in [6, 6.07) is 0. The number of piperidine rings is 2. The van der Waals surface area contributed by atoms with Gasteiger partial charge in [-0.25, -0.2) is 0 Å². The van der Waals surface area contributed by atoms with Gasteiger partial charge in [0.1, 0.15) is 12.4 Å². The average molecular weight is 363 g/mol. The number of hydrogen-bond donors (Lipinski definition) is 1. The molecule has 3 heterocycles. The first-order valence-corrected chi connectivity index (χ1v) is 9.60. The number of nitrogens with zero attached hydrogens (tertiary/aromatic N) is 5. The summed E-state index contributed by atoms with van der Waals surface area (Å²) in [6.45, 7) is 4.56. The van der Waals surface area contributed by atoms with Crippen molar-refractivity contribution in [3.05, 3.63) is 11.6 Å². The number of likely N-dealkylation sites (tertiary alicyclic amines) is 2. The highest BCUT2D eigenvalue weighted by Crippen LogP contribution is 2.28. The molecule has 0 aliphatic carbocycles. The number of aromatic nitrogens is 3. The van der Waals surface area contributed by atoms with E-state index in [4.69, 9.17) is 0 Å². The minimum Gasteiger partial charge on any atom is -0.388 e. The van der Waals surface area contributed by atoms with E-state index in [-0.39, 0.29) is 30.3 Å². The van der Waals surface area contributed by atoms with E-state index in [0.717, 1.165) is 38.1 Å². The van der Waals surface area contributed by atoms with Gasteiger partial charge in [0.05, 0.1) is 0 Å². The molecule has 2 fully saturated rings. The van der Waals surface area contributed by atoms with E-state index in [1.807, 2.05) is 28.3 Å². The normalized spacial score (nSPS) is 21.9. The molecular formula is C18H29N5O3. The first-order valence-electron chi connectivity index (χ1n) is 9.60. The maximum atomic E-state index is 13.0. The summed E-state index contributed by atoms with van der Waals surface area (Å²) >= 11 is 0. The highest BCUT2D eigenvalue weighted by molar-refractivity contribution is 5.80. The molecule has 3 rings (SSSR count). The number of aliphatic hydroxyl groups excluding tert-OH is 1. The van der Waals surface area contributed by atoms with E-state index >= 15 is 0 Å². The second-order valence-corrected chi connectivity index (χ2v) is 7.32. The quantitative estimate of drug-likeness (QED) is 0.849. The molecule has 1 aromatic heterocycles. The molecule has 0 radical (unpaired) electrons. The molecule has 26 heavy (non-hydrogen) atoms. The van der Waals surface area contributed by atoms with Crippen LogP contribution in [0.3, 0.4) is 0 Å². The fraction of sp³-hybridized carbons (Fsp3) is 0.778. The average Bonchev–Trinajstić information content (AvgIpc) is 3.07. The van der Waals surface area contributed by atoms with Gasteiger partial charge in [0.25, 0.3) is 0 Å². The van der Waals surface area contributed by atoms with Gasteiger partial charge < -0.3 is 19.5 Å². The minimum atomic E-state index is -0.131. The maximum absolute atomic E-state index is 13.0. The third-order valence-corrected chi connectivity index (χ3v) is 5.74. The second-order valence-electron chi connectivity index (χ2n) is 7.32. The summed E-state index contributed by atoms with van der Waals surface area (Å²) in [4.78, 5) is 28.6. The Morgan fingerprint density at radius 2 is 1.85 bits per heavy atom. The molecule has 0 spiro atoms. The van der Waals surface area contributed by atoms with Crippen LogP contribution in [0.5, 0.6) is 0 Å². The van der Waals surface area contributed by atoms with E-state index < -0.39 is 0 Å². The van der Waals surface area contributed by atoms with Crippen molar-refractivity contribution >= 4 is 11.8 Å². The van der Waals surface area contributed by atoms with Gasteiger partial charge in [-0.2, -0.15) is 0 Å². The van der Waals surface area contributed by atoms with Gasteiger partial charge in [0, 0.05) is 51.5 Å². The van der Waals surface area contributed by atoms with Crippen molar-refractivity contribution in [2.24, 2.45) is 13.0 Å². The molecule has 144 valence electrons. The van der Waals surface area contributed by atoms with Crippen molar-refractivity contribution < 1.29 is 14.7 Å². The molecule has 8 nitrogen and oxygen atoms in total. The van der Waals surface area contributed by atoms with Gasteiger partial charge in [-0.05, 0) is 25.7 Å². The molecule has 0 unspecified atom stereocenters. The van der Waals surface area contributed by atoms with Crippen LogP contribution in [0.2, 0.25) is 0 Å². The van der Waals surface area contributed by atoms with Crippen molar-refractivity contribution in [2.45, 2.75) is 51.6 Å². The lowest BCUT2D eigenvalue weighted by atomic mass is 9.91. The molecule has 2 amide bonds. The summed E-state index contributed by atoms with van der Waals surface area (Å²) in [5, 5.41) is 17.6. The van der Waals surface area contributed by atoms with Crippen molar-refractivity contribution in [2.75, 3.05) is 26.2 Å². The van der Waals surface area contributed by atoms with Crippen LogP contribution in [0.15, 0.2) is 0 Å². The molecule has 2 aliphatic heterocycles. The first-order chi connectivity index (χ1) is 12.5. The molecule has 2 saturated heterocycles. The summed E-state index contributed by atoms with van der Waals surface area (Å²) in [6.07, 6.45) is 3.96. The molecule has 2 aliphatic rings. The SMILES string of the molecule is CCC(=O)N1CCC(C(=O)N2CCC[C@@H](c3nnc(CO)n3C)C2)CC1. The number of aliphatic hydroxyl groups is 1. The van der Waals surface area contributed by atoms with Crippen LogP contribution in [0.25, 0.3) is 0 Å². The lowest BCUT2D eigenvalue weighted by molar-refractivity contribution is -0.141. The van der Waals surface area contributed by atoms with Crippen molar-refractivity contribution in [3.8, 4) is 0 Å². The monoisotopic (exact) mass is 363 g/mol. The lowest BCUT2D eigenvalue weighted by Gasteiger charge is -2.37. The Balaban J connectivity index is 1.60. The first kappa shape index (κ1) is 18.8. The zero-order valence-electron chi connectivity index (χ0n) is 15.7. The Labute approximate surface area is 154 Å². The number of hydrogen-bond acceptors (Lipinski definition) is 5. The van der Waals surface area contributed by atoms with Crippen LogP contribution in [-0.2, 0) is 23.2 Å². The summed E-state index contributed by atoms with van der Waals surface area (Å²) in [5.74, 6) is 1.96. The van der Waals surface area contributed by atoms with Gasteiger partial charge in [0.2, 0.25) is 11.8 Å². The largest absolute Gasteiger partial charge is 0.388 e. The van der Waals surface area contributed by atoms with Crippen LogP contribution >= 0.6 is 0 Å². The van der Waals surface area contributed by atoms with Crippen LogP contribution in [0, 0.1) is 5.92 Å². The fourth-order valence-electron chi connectivity index (χ4n) is 4.11. The van der Waals surface area contributed by atoms with Gasteiger partial charge in [-0.1, -0.05) is 6.92 Å². The lowest BCUT2D eigenvalue weighted by Crippen LogP contribution is -2.47. The summed E-state index contributed by atoms with van der Waals surface area (Å²) < 4.78 is 1.84. The Kier molecular flexibility index (Phi) is 5.90. The van der Waals surface area contributed by atoms with Gasteiger partial charge in [-0.15, -0.1) is 10.2 Å². The molecular weight excluding hydrogens is 334 g/mol. The van der Waals surface area contributed by atoms with E-state index in [1.165, 1.54) is 0 Å². The zero-order chi connectivity index (χ0) is 18.7. The Morgan fingerprint density at radius 1 is 1.12 bits per heavy atom. The molecule has 1 atom stereocenters. The number of rotatable bonds is 4. The van der Waals surface area contributed by atoms with Crippen LogP contribution in [-0.4, -0.2) is 67.7 Å². The highest BCUT2D eigenvalue weighted by Gasteiger charge is 2.33. The molecule has 1 aromatic rings. The maximum Gasteiger partial charge on any atom is 0.225 e. The van der Waals surface area contributed by atoms with Crippen LogP contribution < -0.4 is 0 Å². The van der Waals surface area contributed by atoms with E-state index in [2.05, 4.69) is 10.2 Å². The van der Waals surface area contributed by atoms with Crippen molar-refractivity contribution in [1.29, 1.82) is 0 Å². The van der Waals surface area contributed by atoms with Crippen LogP contribution in [0.1, 0.15) is 56.6 Å². The topological polar surface area (TPSA) is 91.6 Å². The zero-order valence-corrected chi connectivity index (χ0v) is 15.7. The highest BCUT2D eigenvalue weighted by atomic mass is 16.3. The third-order valence-electron chi connectivity index (χ3n) is 5.74. The molecule has 0 bridgehead atoms. The van der Waals surface area contributed by atoms with E-state index in [0.29, 0.717) is 31.9 Å². The van der Waals surface area contributed by atoms with E-state index in [1.54, 1.807) is 0 Å².